The second-order valence-electron chi connectivity index (χ2n) is 1.28. The van der Waals surface area contributed by atoms with Gasteiger partial charge < -0.3 is 5.73 Å². The van der Waals surface area contributed by atoms with Crippen molar-refractivity contribution in [2.24, 2.45) is 5.73 Å². The van der Waals surface area contributed by atoms with Crippen LogP contribution < -0.4 is 5.73 Å². The quantitative estimate of drug-likeness (QED) is 0.559. The van der Waals surface area contributed by atoms with E-state index in [1.165, 1.54) is 0 Å². The maximum atomic E-state index is 5.26. The summed E-state index contributed by atoms with van der Waals surface area (Å²) >= 11 is 1.80. The molecule has 0 spiro atoms. The van der Waals surface area contributed by atoms with Crippen LogP contribution >= 0.6 is 11.8 Å². The van der Waals surface area contributed by atoms with Crippen LogP contribution in [0.15, 0.2) is 0 Å². The largest absolute Gasteiger partial charge is 0.329 e. The average molecular weight is 105 g/mol. The van der Waals surface area contributed by atoms with E-state index in [2.05, 4.69) is 13.2 Å². The van der Waals surface area contributed by atoms with Gasteiger partial charge in [0.1, 0.15) is 0 Å². The van der Waals surface area contributed by atoms with Gasteiger partial charge in [0.2, 0.25) is 0 Å². The highest BCUT2D eigenvalue weighted by atomic mass is 32.2. The van der Waals surface area contributed by atoms with Gasteiger partial charge in [-0.1, -0.05) is 6.92 Å². The molecule has 2 N–H and O–H groups in total. The van der Waals surface area contributed by atoms with E-state index in [1.807, 2.05) is 0 Å². The summed E-state index contributed by atoms with van der Waals surface area (Å²) in [6.45, 7) is 2.91. The van der Waals surface area contributed by atoms with Crippen molar-refractivity contribution in [3.63, 3.8) is 0 Å². The molecule has 0 aliphatic heterocycles. The Hall–Kier alpha value is 0.310. The van der Waals surface area contributed by atoms with Crippen molar-refractivity contribution in [3.05, 3.63) is 0 Å². The fourth-order valence-corrected chi connectivity index (χ4v) is 0.289. The van der Waals surface area contributed by atoms with Crippen LogP contribution in [0.2, 0.25) is 0 Å². The van der Waals surface area contributed by atoms with E-state index in [-0.39, 0.29) is 0 Å². The van der Waals surface area contributed by atoms with E-state index in [1.54, 1.807) is 11.8 Å². The third kappa shape index (κ3) is 2.54. The molecule has 0 saturated heterocycles. The first-order chi connectivity index (χ1) is 2.81. The van der Waals surface area contributed by atoms with Crippen molar-refractivity contribution in [1.29, 1.82) is 0 Å². The highest BCUT2D eigenvalue weighted by Gasteiger charge is 1.89. The van der Waals surface area contributed by atoms with Crippen LogP contribution in [0.3, 0.4) is 0 Å². The molecule has 0 saturated carbocycles. The van der Waals surface area contributed by atoms with Crippen molar-refractivity contribution in [3.8, 4) is 0 Å². The Kier molecular flexibility index (Phi) is 3.68. The zero-order valence-corrected chi connectivity index (χ0v) is 5.09. The normalized spacial score (nSPS) is 14.5. The zero-order valence-electron chi connectivity index (χ0n) is 4.27. The number of rotatable bonds is 2. The lowest BCUT2D eigenvalue weighted by Gasteiger charge is -1.98. The minimum atomic E-state index is 0.630. The molecule has 0 unspecified atom stereocenters. The van der Waals surface area contributed by atoms with Crippen LogP contribution in [0.4, 0.5) is 0 Å². The predicted octanol–water partition coefficient (Wildman–Crippen LogP) is 0.697. The Labute approximate surface area is 43.3 Å². The predicted molar refractivity (Wildman–Crippen MR) is 32.0 cm³/mol. The van der Waals surface area contributed by atoms with Crippen LogP contribution in [-0.2, 0) is 0 Å². The van der Waals surface area contributed by atoms with Crippen LogP contribution in [0.25, 0.3) is 0 Å². The van der Waals surface area contributed by atoms with E-state index >= 15 is 0 Å². The molecule has 0 aromatic heterocycles. The maximum absolute atomic E-state index is 5.26. The molecule has 0 aromatic carbocycles. The first-order valence-electron chi connectivity index (χ1n) is 2.04. The molecule has 1 nitrogen and oxygen atoms in total. The number of thioether (sulfide) groups is 1. The van der Waals surface area contributed by atoms with Gasteiger partial charge in [0, 0.05) is 11.8 Å². The van der Waals surface area contributed by atoms with Gasteiger partial charge in [0.05, 0.1) is 0 Å². The summed E-state index contributed by atoms with van der Waals surface area (Å²) in [5, 5.41) is 0.630. The molecule has 0 aliphatic rings. The Morgan fingerprint density at radius 1 is 1.83 bits per heavy atom. The molecule has 0 fully saturated rings. The summed E-state index contributed by atoms with van der Waals surface area (Å²) in [6, 6.07) is 0. The molecule has 0 rings (SSSR count). The van der Waals surface area contributed by atoms with E-state index in [4.69, 9.17) is 5.73 Å². The van der Waals surface area contributed by atoms with Crippen molar-refractivity contribution < 1.29 is 0 Å². The average Bonchev–Trinajstić information content (AvgIpc) is 1.65. The van der Waals surface area contributed by atoms with E-state index in [9.17, 15) is 0 Å². The molecule has 0 aliphatic carbocycles. The topological polar surface area (TPSA) is 26.0 Å². The third-order valence-corrected chi connectivity index (χ3v) is 1.73. The second kappa shape index (κ2) is 3.50. The van der Waals surface area contributed by atoms with Gasteiger partial charge in [-0.05, 0) is 6.26 Å². The SMILES string of the molecule is CS[C@H](C)CN. The van der Waals surface area contributed by atoms with Gasteiger partial charge in [-0.2, -0.15) is 11.8 Å². The van der Waals surface area contributed by atoms with Crippen molar-refractivity contribution in [1.82, 2.24) is 0 Å². The van der Waals surface area contributed by atoms with E-state index in [0.717, 1.165) is 6.54 Å². The molecule has 0 amide bonds. The highest BCUT2D eigenvalue weighted by Crippen LogP contribution is 2.00. The summed E-state index contributed by atoms with van der Waals surface area (Å²) < 4.78 is 0. The fourth-order valence-electron chi connectivity index (χ4n) is 0.0962. The molecule has 38 valence electrons. The summed E-state index contributed by atoms with van der Waals surface area (Å²) in [5.74, 6) is 0. The minimum Gasteiger partial charge on any atom is -0.329 e. The molecule has 0 heterocycles. The first kappa shape index (κ1) is 6.31. The van der Waals surface area contributed by atoms with Gasteiger partial charge >= 0.3 is 0 Å². The molecule has 0 radical (unpaired) electrons. The Morgan fingerprint density at radius 3 is 2.33 bits per heavy atom. The highest BCUT2D eigenvalue weighted by molar-refractivity contribution is 7.99. The van der Waals surface area contributed by atoms with Crippen molar-refractivity contribution >= 4 is 11.8 Å². The van der Waals surface area contributed by atoms with Crippen LogP contribution in [0.1, 0.15) is 6.92 Å². The third-order valence-electron chi connectivity index (χ3n) is 0.734. The summed E-state index contributed by atoms with van der Waals surface area (Å²) in [4.78, 5) is 0. The lowest BCUT2D eigenvalue weighted by atomic mass is 10.5. The fraction of sp³-hybridized carbons (Fsp3) is 1.00. The van der Waals surface area contributed by atoms with E-state index < -0.39 is 0 Å². The number of hydrogen-bond donors (Lipinski definition) is 1. The maximum Gasteiger partial charge on any atom is 0.0139 e. The summed E-state index contributed by atoms with van der Waals surface area (Å²) in [5.41, 5.74) is 5.26. The standard InChI is InChI=1S/C4H11NS/c1-4(3-5)6-2/h4H,3,5H2,1-2H3/t4-/m1/s1. The molecular weight excluding hydrogens is 94.1 g/mol. The minimum absolute atomic E-state index is 0.630. The van der Waals surface area contributed by atoms with Gasteiger partial charge in [-0.3, -0.25) is 0 Å². The first-order valence-corrected chi connectivity index (χ1v) is 3.33. The molecule has 0 aromatic rings. The van der Waals surface area contributed by atoms with Crippen LogP contribution in [0, 0.1) is 0 Å². The molecule has 1 atom stereocenters. The summed E-state index contributed by atoms with van der Waals surface area (Å²) in [7, 11) is 0. The van der Waals surface area contributed by atoms with Crippen molar-refractivity contribution in [2.45, 2.75) is 12.2 Å². The van der Waals surface area contributed by atoms with Gasteiger partial charge in [-0.25, -0.2) is 0 Å². The molecule has 2 heteroatoms. The Bertz CT molecular complexity index is 26.7. The van der Waals surface area contributed by atoms with E-state index in [0.29, 0.717) is 5.25 Å². The number of hydrogen-bond acceptors (Lipinski definition) is 2. The lowest BCUT2D eigenvalue weighted by molar-refractivity contribution is 0.955. The smallest absolute Gasteiger partial charge is 0.0139 e. The number of nitrogens with two attached hydrogens (primary N) is 1. The summed E-state index contributed by atoms with van der Waals surface area (Å²) in [6.07, 6.45) is 2.07. The van der Waals surface area contributed by atoms with Crippen LogP contribution in [0.5, 0.6) is 0 Å². The molecule has 0 bridgehead atoms. The lowest BCUT2D eigenvalue weighted by Crippen LogP contribution is -2.11. The molecular formula is C4H11NS. The van der Waals surface area contributed by atoms with Crippen LogP contribution in [-0.4, -0.2) is 18.1 Å². The second-order valence-corrected chi connectivity index (χ2v) is 2.56. The Morgan fingerprint density at radius 2 is 2.33 bits per heavy atom. The Balaban J connectivity index is 2.75. The molecule has 6 heavy (non-hydrogen) atoms. The zero-order chi connectivity index (χ0) is 4.99. The van der Waals surface area contributed by atoms with Gasteiger partial charge in [0.15, 0.2) is 0 Å². The van der Waals surface area contributed by atoms with Gasteiger partial charge in [0.25, 0.3) is 0 Å². The monoisotopic (exact) mass is 105 g/mol. The van der Waals surface area contributed by atoms with Crippen molar-refractivity contribution in [2.75, 3.05) is 12.8 Å². The van der Waals surface area contributed by atoms with Gasteiger partial charge in [-0.15, -0.1) is 0 Å².